The van der Waals surface area contributed by atoms with Gasteiger partial charge in [0.2, 0.25) is 0 Å². The molecule has 0 heterocycles. The van der Waals surface area contributed by atoms with Gasteiger partial charge < -0.3 is 4.90 Å². The van der Waals surface area contributed by atoms with Crippen LogP contribution in [0.15, 0.2) is 30.3 Å². The van der Waals surface area contributed by atoms with Crippen LogP contribution in [-0.4, -0.2) is 18.4 Å². The smallest absolute Gasteiger partial charge is 0.0366 e. The summed E-state index contributed by atoms with van der Waals surface area (Å²) in [5.74, 6) is 0. The van der Waals surface area contributed by atoms with E-state index in [4.69, 9.17) is 0 Å². The normalized spacial score (nSPS) is 10.0. The van der Waals surface area contributed by atoms with E-state index in [1.165, 1.54) is 12.1 Å². The third kappa shape index (κ3) is 3.39. The summed E-state index contributed by atoms with van der Waals surface area (Å²) in [5, 5.41) is 1.03. The van der Waals surface area contributed by atoms with E-state index in [-0.39, 0.29) is 0 Å². The molecule has 0 atom stereocenters. The molecule has 1 aromatic carbocycles. The molecule has 0 saturated carbocycles. The third-order valence-corrected chi connectivity index (χ3v) is 2.32. The number of anilines is 1. The van der Waals surface area contributed by atoms with Crippen molar-refractivity contribution in [1.29, 1.82) is 0 Å². The Morgan fingerprint density at radius 2 is 1.85 bits per heavy atom. The van der Waals surface area contributed by atoms with Crippen LogP contribution >= 0.6 is 15.9 Å². The van der Waals surface area contributed by atoms with E-state index in [0.717, 1.165) is 18.4 Å². The maximum atomic E-state index is 3.48. The minimum Gasteiger partial charge on any atom is -0.371 e. The molecule has 2 heteroatoms. The first kappa shape index (κ1) is 10.6. The Morgan fingerprint density at radius 1 is 1.15 bits per heavy atom. The largest absolute Gasteiger partial charge is 0.371 e. The second kappa shape index (κ2) is 6.03. The lowest BCUT2D eigenvalue weighted by Gasteiger charge is -2.23. The van der Waals surface area contributed by atoms with Gasteiger partial charge in [-0.2, -0.15) is 0 Å². The second-order valence-corrected chi connectivity index (χ2v) is 3.80. The van der Waals surface area contributed by atoms with Gasteiger partial charge in [0.15, 0.2) is 0 Å². The third-order valence-electron chi connectivity index (χ3n) is 1.97. The minimum absolute atomic E-state index is 1.03. The highest BCUT2D eigenvalue weighted by molar-refractivity contribution is 9.09. The van der Waals surface area contributed by atoms with Gasteiger partial charge in [0.1, 0.15) is 0 Å². The number of hydrogen-bond donors (Lipinski definition) is 0. The molecule has 0 spiro atoms. The maximum absolute atomic E-state index is 3.48. The number of hydrogen-bond acceptors (Lipinski definition) is 1. The van der Waals surface area contributed by atoms with E-state index < -0.39 is 0 Å². The molecular formula is C11H16BrN. The highest BCUT2D eigenvalue weighted by Gasteiger charge is 2.02. The van der Waals surface area contributed by atoms with Gasteiger partial charge in [0.05, 0.1) is 0 Å². The predicted molar refractivity (Wildman–Crippen MR) is 62.7 cm³/mol. The average molecular weight is 242 g/mol. The van der Waals surface area contributed by atoms with Gasteiger partial charge in [0, 0.05) is 24.1 Å². The van der Waals surface area contributed by atoms with E-state index in [1.807, 2.05) is 0 Å². The van der Waals surface area contributed by atoms with Crippen LogP contribution in [0.4, 0.5) is 5.69 Å². The lowest BCUT2D eigenvalue weighted by molar-refractivity contribution is 0.797. The minimum atomic E-state index is 1.03. The molecule has 1 aromatic rings. The zero-order valence-electron chi connectivity index (χ0n) is 8.04. The van der Waals surface area contributed by atoms with Crippen molar-refractivity contribution in [1.82, 2.24) is 0 Å². The number of benzene rings is 1. The van der Waals surface area contributed by atoms with Crippen molar-refractivity contribution >= 4 is 21.6 Å². The van der Waals surface area contributed by atoms with Gasteiger partial charge in [-0.15, -0.1) is 0 Å². The molecule has 0 saturated heterocycles. The Labute approximate surface area is 88.9 Å². The second-order valence-electron chi connectivity index (χ2n) is 3.01. The summed E-state index contributed by atoms with van der Waals surface area (Å²) in [6.45, 7) is 4.43. The standard InChI is InChI=1S/C11H16BrN/c1-2-9-13(10-8-12)11-6-4-3-5-7-11/h3-7H,2,8-10H2,1H3. The number of rotatable bonds is 5. The van der Waals surface area contributed by atoms with Crippen molar-refractivity contribution < 1.29 is 0 Å². The molecule has 0 unspecified atom stereocenters. The molecule has 1 rings (SSSR count). The summed E-state index contributed by atoms with van der Waals surface area (Å²) in [7, 11) is 0. The first-order valence-corrected chi connectivity index (χ1v) is 5.86. The lowest BCUT2D eigenvalue weighted by Crippen LogP contribution is -2.25. The number of para-hydroxylation sites is 1. The molecular weight excluding hydrogens is 226 g/mol. The fourth-order valence-electron chi connectivity index (χ4n) is 1.38. The van der Waals surface area contributed by atoms with Gasteiger partial charge in [0.25, 0.3) is 0 Å². The zero-order valence-corrected chi connectivity index (χ0v) is 9.63. The molecule has 0 N–H and O–H groups in total. The van der Waals surface area contributed by atoms with Crippen molar-refractivity contribution in [3.8, 4) is 0 Å². The highest BCUT2D eigenvalue weighted by Crippen LogP contribution is 2.13. The van der Waals surface area contributed by atoms with Crippen molar-refractivity contribution in [2.75, 3.05) is 23.3 Å². The van der Waals surface area contributed by atoms with Crippen LogP contribution in [0, 0.1) is 0 Å². The van der Waals surface area contributed by atoms with Crippen LogP contribution in [-0.2, 0) is 0 Å². The molecule has 0 radical (unpaired) electrons. The van der Waals surface area contributed by atoms with E-state index in [2.05, 4.69) is 58.1 Å². The molecule has 0 aliphatic rings. The summed E-state index contributed by atoms with van der Waals surface area (Å²) in [4.78, 5) is 2.40. The molecule has 72 valence electrons. The maximum Gasteiger partial charge on any atom is 0.0366 e. The van der Waals surface area contributed by atoms with E-state index in [1.54, 1.807) is 0 Å². The van der Waals surface area contributed by atoms with Gasteiger partial charge in [-0.1, -0.05) is 41.1 Å². The summed E-state index contributed by atoms with van der Waals surface area (Å²) in [5.41, 5.74) is 1.32. The highest BCUT2D eigenvalue weighted by atomic mass is 79.9. The topological polar surface area (TPSA) is 3.24 Å². The van der Waals surface area contributed by atoms with Crippen LogP contribution in [0.3, 0.4) is 0 Å². The summed E-state index contributed by atoms with van der Waals surface area (Å²) < 4.78 is 0. The lowest BCUT2D eigenvalue weighted by atomic mass is 10.3. The number of nitrogens with zero attached hydrogens (tertiary/aromatic N) is 1. The Morgan fingerprint density at radius 3 is 2.38 bits per heavy atom. The monoisotopic (exact) mass is 241 g/mol. The Kier molecular flexibility index (Phi) is 4.91. The molecule has 1 nitrogen and oxygen atoms in total. The molecule has 0 aliphatic heterocycles. The number of alkyl halides is 1. The molecule has 0 aliphatic carbocycles. The fraction of sp³-hybridized carbons (Fsp3) is 0.455. The van der Waals surface area contributed by atoms with E-state index >= 15 is 0 Å². The first-order valence-electron chi connectivity index (χ1n) is 4.74. The predicted octanol–water partition coefficient (Wildman–Crippen LogP) is 3.30. The molecule has 0 bridgehead atoms. The van der Waals surface area contributed by atoms with Crippen molar-refractivity contribution in [2.45, 2.75) is 13.3 Å². The van der Waals surface area contributed by atoms with Crippen molar-refractivity contribution in [3.63, 3.8) is 0 Å². The van der Waals surface area contributed by atoms with E-state index in [0.29, 0.717) is 0 Å². The first-order chi connectivity index (χ1) is 6.38. The fourth-order valence-corrected chi connectivity index (χ4v) is 1.81. The van der Waals surface area contributed by atoms with Gasteiger partial charge in [-0.25, -0.2) is 0 Å². The van der Waals surface area contributed by atoms with Gasteiger partial charge >= 0.3 is 0 Å². The van der Waals surface area contributed by atoms with Crippen molar-refractivity contribution in [2.24, 2.45) is 0 Å². The number of halogens is 1. The zero-order chi connectivity index (χ0) is 9.52. The van der Waals surface area contributed by atoms with E-state index in [9.17, 15) is 0 Å². The average Bonchev–Trinajstić information content (AvgIpc) is 2.19. The Hall–Kier alpha value is -0.500. The van der Waals surface area contributed by atoms with Gasteiger partial charge in [-0.05, 0) is 18.6 Å². The van der Waals surface area contributed by atoms with Crippen LogP contribution in [0.5, 0.6) is 0 Å². The van der Waals surface area contributed by atoms with Crippen molar-refractivity contribution in [3.05, 3.63) is 30.3 Å². The molecule has 0 aromatic heterocycles. The van der Waals surface area contributed by atoms with Crippen LogP contribution in [0.25, 0.3) is 0 Å². The SMILES string of the molecule is CCCN(CCBr)c1ccccc1. The van der Waals surface area contributed by atoms with Crippen LogP contribution in [0.2, 0.25) is 0 Å². The van der Waals surface area contributed by atoms with Crippen LogP contribution in [0.1, 0.15) is 13.3 Å². The Bertz CT molecular complexity index is 217. The molecule has 13 heavy (non-hydrogen) atoms. The summed E-state index contributed by atoms with van der Waals surface area (Å²) in [6.07, 6.45) is 1.20. The van der Waals surface area contributed by atoms with Crippen LogP contribution < -0.4 is 4.90 Å². The molecule has 0 fully saturated rings. The molecule has 0 amide bonds. The van der Waals surface area contributed by atoms with Gasteiger partial charge in [-0.3, -0.25) is 0 Å². The quantitative estimate of drug-likeness (QED) is 0.716. The summed E-state index contributed by atoms with van der Waals surface area (Å²) in [6, 6.07) is 10.6. The Balaban J connectivity index is 2.64. The summed E-state index contributed by atoms with van der Waals surface area (Å²) >= 11 is 3.48.